The van der Waals surface area contributed by atoms with Crippen molar-refractivity contribution in [3.63, 3.8) is 0 Å². The molecule has 1 atom stereocenters. The minimum atomic E-state index is -0.190. The molecule has 0 spiro atoms. The molecule has 2 aromatic rings. The van der Waals surface area contributed by atoms with E-state index in [1.165, 1.54) is 0 Å². The van der Waals surface area contributed by atoms with Gasteiger partial charge < -0.3 is 9.73 Å². The number of hydrogen-bond donors (Lipinski definition) is 1. The Morgan fingerprint density at radius 1 is 1.55 bits per heavy atom. The smallest absolute Gasteiger partial charge is 0.256 e. The van der Waals surface area contributed by atoms with E-state index in [1.807, 2.05) is 19.1 Å². The Hall–Kier alpha value is -1.75. The predicted molar refractivity (Wildman–Crippen MR) is 86.2 cm³/mol. The van der Waals surface area contributed by atoms with Gasteiger partial charge >= 0.3 is 0 Å². The van der Waals surface area contributed by atoms with Crippen LogP contribution in [0.3, 0.4) is 0 Å². The fourth-order valence-electron chi connectivity index (χ4n) is 2.34. The first-order valence-electron chi connectivity index (χ1n) is 7.59. The van der Waals surface area contributed by atoms with Crippen LogP contribution in [0, 0.1) is 6.92 Å². The summed E-state index contributed by atoms with van der Waals surface area (Å²) < 4.78 is 6.99. The Kier molecular flexibility index (Phi) is 5.66. The van der Waals surface area contributed by atoms with Crippen LogP contribution in [0.25, 0.3) is 0 Å². The largest absolute Gasteiger partial charge is 0.469 e. The Bertz CT molecular complexity index is 620. The summed E-state index contributed by atoms with van der Waals surface area (Å²) in [4.78, 5) is 12.4. The average Bonchev–Trinajstić information content (AvgIpc) is 3.04. The van der Waals surface area contributed by atoms with E-state index in [0.29, 0.717) is 22.8 Å². The van der Waals surface area contributed by atoms with Crippen molar-refractivity contribution in [3.8, 4) is 0 Å². The molecule has 2 heterocycles. The summed E-state index contributed by atoms with van der Waals surface area (Å²) in [6.07, 6.45) is 4.30. The lowest BCUT2D eigenvalue weighted by Crippen LogP contribution is -2.34. The molecule has 0 bridgehead atoms. The van der Waals surface area contributed by atoms with Crippen molar-refractivity contribution in [2.45, 2.75) is 52.6 Å². The van der Waals surface area contributed by atoms with E-state index in [-0.39, 0.29) is 11.9 Å². The number of unbranched alkanes of at least 4 members (excludes halogenated alkanes) is 1. The van der Waals surface area contributed by atoms with Gasteiger partial charge in [-0.25, -0.2) is 0 Å². The Morgan fingerprint density at radius 2 is 2.32 bits per heavy atom. The van der Waals surface area contributed by atoms with Crippen LogP contribution in [-0.2, 0) is 13.0 Å². The average molecular weight is 324 g/mol. The summed E-state index contributed by atoms with van der Waals surface area (Å²) in [6.45, 7) is 6.57. The molecule has 22 heavy (non-hydrogen) atoms. The van der Waals surface area contributed by atoms with Gasteiger partial charge in [-0.1, -0.05) is 24.9 Å². The highest BCUT2D eigenvalue weighted by atomic mass is 35.5. The fourth-order valence-corrected chi connectivity index (χ4v) is 2.69. The van der Waals surface area contributed by atoms with Gasteiger partial charge in [0.15, 0.2) is 0 Å². The minimum absolute atomic E-state index is 0.0480. The van der Waals surface area contributed by atoms with Crippen LogP contribution < -0.4 is 5.32 Å². The molecule has 0 saturated heterocycles. The number of nitrogens with one attached hydrogen (secondary N) is 1. The number of nitrogens with zero attached hydrogens (tertiary/aromatic N) is 2. The second-order valence-corrected chi connectivity index (χ2v) is 5.84. The number of carbonyl (C=O) groups is 1. The molecular formula is C16H22ClN3O2. The van der Waals surface area contributed by atoms with E-state index in [2.05, 4.69) is 17.3 Å². The highest BCUT2D eigenvalue weighted by molar-refractivity contribution is 6.33. The van der Waals surface area contributed by atoms with E-state index in [4.69, 9.17) is 16.0 Å². The van der Waals surface area contributed by atoms with Crippen LogP contribution >= 0.6 is 11.6 Å². The molecule has 0 radical (unpaired) electrons. The molecular weight excluding hydrogens is 302 g/mol. The first-order chi connectivity index (χ1) is 10.5. The number of halogens is 1. The second-order valence-electron chi connectivity index (χ2n) is 5.49. The molecule has 0 fully saturated rings. The van der Waals surface area contributed by atoms with Gasteiger partial charge in [-0.3, -0.25) is 9.48 Å². The monoisotopic (exact) mass is 323 g/mol. The third-order valence-electron chi connectivity index (χ3n) is 3.48. The number of rotatable bonds is 7. The van der Waals surface area contributed by atoms with E-state index in [9.17, 15) is 4.79 Å². The molecule has 1 amide bonds. The predicted octanol–water partition coefficient (Wildman–Crippen LogP) is 3.60. The molecule has 0 aromatic carbocycles. The Morgan fingerprint density at radius 3 is 2.95 bits per heavy atom. The number of amides is 1. The molecule has 5 nitrogen and oxygen atoms in total. The molecule has 2 aromatic heterocycles. The number of carbonyl (C=O) groups excluding carboxylic acids is 1. The van der Waals surface area contributed by atoms with Gasteiger partial charge in [-0.05, 0) is 32.4 Å². The zero-order valence-electron chi connectivity index (χ0n) is 13.2. The number of aromatic nitrogens is 2. The van der Waals surface area contributed by atoms with Crippen molar-refractivity contribution in [2.75, 3.05) is 0 Å². The third-order valence-corrected chi connectivity index (χ3v) is 3.87. The van der Waals surface area contributed by atoms with E-state index in [1.54, 1.807) is 17.9 Å². The fraction of sp³-hybridized carbons (Fsp3) is 0.500. The third kappa shape index (κ3) is 3.91. The normalized spacial score (nSPS) is 12.4. The van der Waals surface area contributed by atoms with Crippen LogP contribution in [0.5, 0.6) is 0 Å². The van der Waals surface area contributed by atoms with E-state index < -0.39 is 0 Å². The van der Waals surface area contributed by atoms with Crippen LogP contribution in [0.15, 0.2) is 22.8 Å². The van der Waals surface area contributed by atoms with Gasteiger partial charge in [0.25, 0.3) is 5.91 Å². The minimum Gasteiger partial charge on any atom is -0.469 e. The molecule has 1 unspecified atom stereocenters. The lowest BCUT2D eigenvalue weighted by Gasteiger charge is -2.12. The maximum atomic E-state index is 12.4. The standard InChI is InChI=1S/C16H22ClN3O2/c1-4-5-8-20-15(17)14(12(3)19-20)16(21)18-11(2)10-13-7-6-9-22-13/h6-7,9,11H,4-5,8,10H2,1-3H3,(H,18,21). The van der Waals surface area contributed by atoms with Gasteiger partial charge in [0.2, 0.25) is 0 Å². The molecule has 0 aliphatic heterocycles. The molecule has 0 aliphatic carbocycles. The lowest BCUT2D eigenvalue weighted by molar-refractivity contribution is 0.0938. The van der Waals surface area contributed by atoms with Gasteiger partial charge in [-0.15, -0.1) is 0 Å². The number of aryl methyl sites for hydroxylation is 2. The van der Waals surface area contributed by atoms with Crippen LogP contribution in [0.2, 0.25) is 5.15 Å². The van der Waals surface area contributed by atoms with Gasteiger partial charge in [0, 0.05) is 19.0 Å². The van der Waals surface area contributed by atoms with Gasteiger partial charge in [0.1, 0.15) is 10.9 Å². The molecule has 0 saturated carbocycles. The summed E-state index contributed by atoms with van der Waals surface area (Å²) in [7, 11) is 0. The summed E-state index contributed by atoms with van der Waals surface area (Å²) in [5, 5.41) is 7.72. The SMILES string of the molecule is CCCCn1nc(C)c(C(=O)NC(C)Cc2ccco2)c1Cl. The number of hydrogen-bond acceptors (Lipinski definition) is 3. The first kappa shape index (κ1) is 16.6. The lowest BCUT2D eigenvalue weighted by atomic mass is 10.1. The van der Waals surface area contributed by atoms with Crippen LogP contribution in [-0.4, -0.2) is 21.7 Å². The first-order valence-corrected chi connectivity index (χ1v) is 7.96. The summed E-state index contributed by atoms with van der Waals surface area (Å²) in [6, 6.07) is 3.68. The highest BCUT2D eigenvalue weighted by Crippen LogP contribution is 2.20. The topological polar surface area (TPSA) is 60.1 Å². The van der Waals surface area contributed by atoms with Gasteiger partial charge in [-0.2, -0.15) is 5.10 Å². The van der Waals surface area contributed by atoms with Gasteiger partial charge in [0.05, 0.1) is 17.5 Å². The van der Waals surface area contributed by atoms with Crippen molar-refractivity contribution in [1.29, 1.82) is 0 Å². The van der Waals surface area contributed by atoms with Crippen LogP contribution in [0.1, 0.15) is 48.5 Å². The molecule has 6 heteroatoms. The Balaban J connectivity index is 2.04. The quantitative estimate of drug-likeness (QED) is 0.847. The summed E-state index contributed by atoms with van der Waals surface area (Å²) in [5.74, 6) is 0.651. The van der Waals surface area contributed by atoms with Crippen molar-refractivity contribution in [2.24, 2.45) is 0 Å². The van der Waals surface area contributed by atoms with Crippen LogP contribution in [0.4, 0.5) is 0 Å². The zero-order chi connectivity index (χ0) is 16.1. The van der Waals surface area contributed by atoms with E-state index >= 15 is 0 Å². The van der Waals surface area contributed by atoms with Crippen molar-refractivity contribution >= 4 is 17.5 Å². The summed E-state index contributed by atoms with van der Waals surface area (Å²) in [5.41, 5.74) is 1.12. The molecule has 120 valence electrons. The molecule has 1 N–H and O–H groups in total. The zero-order valence-corrected chi connectivity index (χ0v) is 14.0. The number of furan rings is 1. The van der Waals surface area contributed by atoms with Crippen molar-refractivity contribution in [1.82, 2.24) is 15.1 Å². The second kappa shape index (κ2) is 7.49. The molecule has 2 rings (SSSR count). The van der Waals surface area contributed by atoms with Crippen molar-refractivity contribution in [3.05, 3.63) is 40.6 Å². The molecule has 0 aliphatic rings. The summed E-state index contributed by atoms with van der Waals surface area (Å²) >= 11 is 6.31. The van der Waals surface area contributed by atoms with Crippen molar-refractivity contribution < 1.29 is 9.21 Å². The Labute approximate surface area is 135 Å². The van der Waals surface area contributed by atoms with E-state index in [0.717, 1.165) is 25.1 Å². The maximum absolute atomic E-state index is 12.4. The maximum Gasteiger partial charge on any atom is 0.256 e. The highest BCUT2D eigenvalue weighted by Gasteiger charge is 2.21.